The largest absolute Gasteiger partial charge is 0.455 e. The highest BCUT2D eigenvalue weighted by molar-refractivity contribution is 7.25. The van der Waals surface area contributed by atoms with Crippen molar-refractivity contribution in [3.05, 3.63) is 258 Å². The molecule has 0 saturated heterocycles. The molecule has 0 atom stereocenters. The van der Waals surface area contributed by atoms with E-state index in [0.717, 1.165) is 50.1 Å². The van der Waals surface area contributed by atoms with Crippen LogP contribution in [0.3, 0.4) is 0 Å². The number of hydrogen-bond acceptors (Lipinski definition) is 3. The maximum atomic E-state index is 7.30. The first-order chi connectivity index (χ1) is 34.0. The highest BCUT2D eigenvalue weighted by atomic mass is 32.1. The Bertz CT molecular complexity index is 4090. The summed E-state index contributed by atoms with van der Waals surface area (Å²) in [7, 11) is 0. The Labute approximate surface area is 405 Å². The molecule has 2 aliphatic carbocycles. The van der Waals surface area contributed by atoms with Crippen molar-refractivity contribution in [2.75, 3.05) is 4.90 Å². The van der Waals surface area contributed by atoms with E-state index in [1.54, 1.807) is 0 Å². The number of nitrogens with zero attached hydrogens (tertiary/aromatic N) is 1. The highest BCUT2D eigenvalue weighted by Gasteiger charge is 2.52. The Balaban J connectivity index is 1.01. The van der Waals surface area contributed by atoms with Crippen LogP contribution in [-0.4, -0.2) is 0 Å². The van der Waals surface area contributed by atoms with Crippen LogP contribution in [0.1, 0.15) is 47.2 Å². The minimum Gasteiger partial charge on any atom is -0.455 e. The molecule has 3 aliphatic rings. The van der Waals surface area contributed by atoms with E-state index >= 15 is 0 Å². The van der Waals surface area contributed by atoms with Gasteiger partial charge in [0.25, 0.3) is 0 Å². The summed E-state index contributed by atoms with van der Waals surface area (Å²) < 4.78 is 9.89. The number of ether oxygens (including phenoxy) is 1. The van der Waals surface area contributed by atoms with Gasteiger partial charge >= 0.3 is 0 Å². The van der Waals surface area contributed by atoms with Crippen LogP contribution < -0.4 is 9.64 Å². The minimum atomic E-state index is -0.654. The normalized spacial score (nSPS) is 14.3. The third kappa shape index (κ3) is 5.20. The molecule has 15 rings (SSSR count). The van der Waals surface area contributed by atoms with E-state index in [1.807, 2.05) is 11.3 Å². The monoisotopic (exact) mass is 897 g/mol. The Morgan fingerprint density at radius 2 is 0.913 bits per heavy atom. The lowest BCUT2D eigenvalue weighted by atomic mass is 9.65. The van der Waals surface area contributed by atoms with E-state index in [2.05, 4.69) is 243 Å². The molecule has 2 nitrogen and oxygen atoms in total. The molecule has 0 N–H and O–H groups in total. The van der Waals surface area contributed by atoms with Crippen molar-refractivity contribution < 1.29 is 4.74 Å². The maximum absolute atomic E-state index is 7.30. The van der Waals surface area contributed by atoms with E-state index < -0.39 is 5.41 Å². The van der Waals surface area contributed by atoms with Crippen molar-refractivity contribution in [3.8, 4) is 44.9 Å². The Morgan fingerprint density at radius 1 is 0.362 bits per heavy atom. The fourth-order valence-corrected chi connectivity index (χ4v) is 13.8. The molecular formula is C66H43NOS. The summed E-state index contributed by atoms with van der Waals surface area (Å²) in [4.78, 5) is 2.52. The first-order valence-electron chi connectivity index (χ1n) is 24.0. The lowest BCUT2D eigenvalue weighted by Gasteiger charge is -2.40. The first-order valence-corrected chi connectivity index (χ1v) is 24.8. The summed E-state index contributed by atoms with van der Waals surface area (Å²) in [6, 6.07) is 83.8. The zero-order chi connectivity index (χ0) is 45.6. The van der Waals surface area contributed by atoms with Crippen LogP contribution in [0.15, 0.2) is 224 Å². The van der Waals surface area contributed by atoms with Gasteiger partial charge in [0.15, 0.2) is 0 Å². The van der Waals surface area contributed by atoms with Gasteiger partial charge in [-0.25, -0.2) is 0 Å². The fourth-order valence-electron chi connectivity index (χ4n) is 12.7. The molecule has 0 saturated carbocycles. The second-order valence-corrected chi connectivity index (χ2v) is 20.6. The average Bonchev–Trinajstić information content (AvgIpc) is 4.00. The zero-order valence-electron chi connectivity index (χ0n) is 38.1. The van der Waals surface area contributed by atoms with Crippen LogP contribution in [0.5, 0.6) is 11.5 Å². The topological polar surface area (TPSA) is 12.5 Å². The van der Waals surface area contributed by atoms with Gasteiger partial charge < -0.3 is 9.64 Å². The highest BCUT2D eigenvalue weighted by Crippen LogP contribution is 2.65. The van der Waals surface area contributed by atoms with Gasteiger partial charge in [0.2, 0.25) is 0 Å². The molecule has 0 radical (unpaired) electrons. The summed E-state index contributed by atoms with van der Waals surface area (Å²) in [6.07, 6.45) is 0. The summed E-state index contributed by atoms with van der Waals surface area (Å²) in [5, 5.41) is 7.13. The molecule has 2 heterocycles. The molecule has 1 spiro atoms. The van der Waals surface area contributed by atoms with Gasteiger partial charge in [0.1, 0.15) is 11.5 Å². The van der Waals surface area contributed by atoms with Gasteiger partial charge in [0, 0.05) is 64.4 Å². The second-order valence-electron chi connectivity index (χ2n) is 19.5. The van der Waals surface area contributed by atoms with Crippen LogP contribution in [0.4, 0.5) is 17.1 Å². The molecule has 1 aromatic heterocycles. The van der Waals surface area contributed by atoms with Gasteiger partial charge in [-0.05, 0) is 103 Å². The van der Waals surface area contributed by atoms with Crippen LogP contribution in [0.2, 0.25) is 0 Å². The van der Waals surface area contributed by atoms with Crippen LogP contribution in [-0.2, 0) is 10.8 Å². The van der Waals surface area contributed by atoms with Gasteiger partial charge in [-0.3, -0.25) is 0 Å². The summed E-state index contributed by atoms with van der Waals surface area (Å²) in [5.74, 6) is 1.85. The van der Waals surface area contributed by atoms with Crippen molar-refractivity contribution in [3.63, 3.8) is 0 Å². The quantitative estimate of drug-likeness (QED) is 0.175. The van der Waals surface area contributed by atoms with Crippen molar-refractivity contribution in [2.45, 2.75) is 24.7 Å². The zero-order valence-corrected chi connectivity index (χ0v) is 38.9. The standard InChI is InChI=1S/C66H43NOS/c1-65(2)53-25-11-7-20-46(53)47-34-32-43(39-58(47)65)67(42-33-37-61-52(38-42)49-22-10-14-29-60(49)69-61)59-28-13-9-21-48(59)50-24-15-27-55-62(50)51-23-8-12-26-54(51)66(55)56-35-30-40-16-3-5-18-44(40)63(56)68-64-45-19-6-4-17-41(45)31-36-57(64)66/h3-39H,1-2H3. The second kappa shape index (κ2) is 14.1. The number of fused-ring (bicyclic) bond motifs is 19. The van der Waals surface area contributed by atoms with Crippen LogP contribution in [0, 0.1) is 0 Å². The average molecular weight is 898 g/mol. The van der Waals surface area contributed by atoms with E-state index in [0.29, 0.717) is 0 Å². The summed E-state index contributed by atoms with van der Waals surface area (Å²) >= 11 is 1.86. The molecule has 0 fully saturated rings. The van der Waals surface area contributed by atoms with Crippen molar-refractivity contribution in [1.82, 2.24) is 0 Å². The number of para-hydroxylation sites is 1. The molecule has 0 amide bonds. The van der Waals surface area contributed by atoms with E-state index in [-0.39, 0.29) is 5.41 Å². The van der Waals surface area contributed by atoms with Crippen molar-refractivity contribution in [2.24, 2.45) is 0 Å². The van der Waals surface area contributed by atoms with E-state index in [9.17, 15) is 0 Å². The molecule has 0 unspecified atom stereocenters. The van der Waals surface area contributed by atoms with Crippen LogP contribution in [0.25, 0.3) is 75.1 Å². The van der Waals surface area contributed by atoms with Crippen molar-refractivity contribution >= 4 is 70.1 Å². The van der Waals surface area contributed by atoms with Gasteiger partial charge in [-0.2, -0.15) is 0 Å². The van der Waals surface area contributed by atoms with E-state index in [1.165, 1.54) is 86.9 Å². The Kier molecular flexibility index (Phi) is 7.96. The molecule has 12 aromatic rings. The van der Waals surface area contributed by atoms with Crippen LogP contribution >= 0.6 is 11.3 Å². The molecule has 11 aromatic carbocycles. The molecular weight excluding hydrogens is 855 g/mol. The molecule has 0 bridgehead atoms. The summed E-state index contributed by atoms with van der Waals surface area (Å²) in [5.41, 5.74) is 17.7. The number of anilines is 3. The smallest absolute Gasteiger partial charge is 0.140 e. The fraction of sp³-hybridized carbons (Fsp3) is 0.0606. The Hall–Kier alpha value is -8.24. The third-order valence-electron chi connectivity index (χ3n) is 15.7. The van der Waals surface area contributed by atoms with Gasteiger partial charge in [0.05, 0.1) is 11.1 Å². The first kappa shape index (κ1) is 38.8. The maximum Gasteiger partial charge on any atom is 0.140 e. The third-order valence-corrected chi connectivity index (χ3v) is 16.9. The number of thiophene rings is 1. The molecule has 3 heteroatoms. The predicted octanol–water partition coefficient (Wildman–Crippen LogP) is 18.3. The lowest BCUT2D eigenvalue weighted by molar-refractivity contribution is 0.447. The molecule has 1 aliphatic heterocycles. The van der Waals surface area contributed by atoms with Crippen molar-refractivity contribution in [1.29, 1.82) is 0 Å². The SMILES string of the molecule is CC1(C)c2ccccc2-c2ccc(N(c3ccc4sc5ccccc5c4c3)c3ccccc3-c3cccc4c3-c3ccccc3C43c4ccc5ccccc5c4Oc4c3ccc3ccccc43)cc21. The predicted molar refractivity (Wildman–Crippen MR) is 289 cm³/mol. The van der Waals surface area contributed by atoms with Gasteiger partial charge in [-0.1, -0.05) is 196 Å². The number of hydrogen-bond donors (Lipinski definition) is 0. The molecule has 69 heavy (non-hydrogen) atoms. The Morgan fingerprint density at radius 3 is 1.68 bits per heavy atom. The summed E-state index contributed by atoms with van der Waals surface area (Å²) in [6.45, 7) is 4.75. The molecule has 324 valence electrons. The van der Waals surface area contributed by atoms with Gasteiger partial charge in [-0.15, -0.1) is 11.3 Å². The number of rotatable bonds is 4. The minimum absolute atomic E-state index is 0.161. The van der Waals surface area contributed by atoms with E-state index in [4.69, 9.17) is 4.74 Å². The lowest BCUT2D eigenvalue weighted by Crippen LogP contribution is -2.32. The number of benzene rings is 11.